The van der Waals surface area contributed by atoms with Crippen molar-refractivity contribution in [1.29, 1.82) is 0 Å². The normalized spacial score (nSPS) is 13.1. The summed E-state index contributed by atoms with van der Waals surface area (Å²) in [7, 11) is 2.11. The highest BCUT2D eigenvalue weighted by molar-refractivity contribution is 7.12. The molecule has 2 aromatic rings. The Morgan fingerprint density at radius 3 is 2.83 bits per heavy atom. The first-order chi connectivity index (χ1) is 8.74. The fraction of sp³-hybridized carbons (Fsp3) is 0.462. The van der Waals surface area contributed by atoms with Gasteiger partial charge in [-0.2, -0.15) is 0 Å². The van der Waals surface area contributed by atoms with Crippen molar-refractivity contribution in [2.45, 2.75) is 25.9 Å². The predicted molar refractivity (Wildman–Crippen MR) is 79.1 cm³/mol. The van der Waals surface area contributed by atoms with Gasteiger partial charge in [0.05, 0.1) is 17.2 Å². The summed E-state index contributed by atoms with van der Waals surface area (Å²) in [5.74, 6) is 0. The van der Waals surface area contributed by atoms with Gasteiger partial charge in [0.25, 0.3) is 0 Å². The maximum absolute atomic E-state index is 5.93. The monoisotopic (exact) mass is 281 g/mol. The van der Waals surface area contributed by atoms with Gasteiger partial charge in [-0.15, -0.1) is 22.7 Å². The van der Waals surface area contributed by atoms with E-state index in [1.165, 1.54) is 9.75 Å². The number of hydrogen-bond acceptors (Lipinski definition) is 5. The quantitative estimate of drug-likeness (QED) is 0.885. The van der Waals surface area contributed by atoms with E-state index in [0.29, 0.717) is 6.54 Å². The third-order valence-corrected chi connectivity index (χ3v) is 4.98. The van der Waals surface area contributed by atoms with Crippen molar-refractivity contribution in [1.82, 2.24) is 9.88 Å². The zero-order valence-corrected chi connectivity index (χ0v) is 12.4. The highest BCUT2D eigenvalue weighted by Gasteiger charge is 2.18. The highest BCUT2D eigenvalue weighted by Crippen LogP contribution is 2.27. The van der Waals surface area contributed by atoms with Crippen LogP contribution in [0, 0.1) is 0 Å². The molecule has 0 saturated carbocycles. The summed E-state index contributed by atoms with van der Waals surface area (Å²) in [6.45, 7) is 3.68. The van der Waals surface area contributed by atoms with Gasteiger partial charge < -0.3 is 5.73 Å². The van der Waals surface area contributed by atoms with Crippen LogP contribution in [0.4, 0.5) is 0 Å². The van der Waals surface area contributed by atoms with E-state index in [1.807, 2.05) is 16.8 Å². The van der Waals surface area contributed by atoms with E-state index in [1.54, 1.807) is 11.3 Å². The maximum Gasteiger partial charge on any atom is 0.0795 e. The molecule has 0 aliphatic heterocycles. The number of likely N-dealkylation sites (N-methyl/N-ethyl adjacent to an activating group) is 1. The van der Waals surface area contributed by atoms with E-state index < -0.39 is 0 Å². The molecule has 5 heteroatoms. The third-order valence-electron chi connectivity index (χ3n) is 3.01. The Kier molecular flexibility index (Phi) is 4.88. The van der Waals surface area contributed by atoms with Crippen LogP contribution in [0.1, 0.15) is 28.4 Å². The van der Waals surface area contributed by atoms with E-state index in [0.717, 1.165) is 18.7 Å². The molecule has 0 spiro atoms. The largest absolute Gasteiger partial charge is 0.329 e. The molecule has 2 rings (SSSR count). The second-order valence-electron chi connectivity index (χ2n) is 4.30. The fourth-order valence-corrected chi connectivity index (χ4v) is 3.64. The van der Waals surface area contributed by atoms with Crippen molar-refractivity contribution >= 4 is 22.7 Å². The number of thiazole rings is 1. The molecule has 0 saturated heterocycles. The Hall–Kier alpha value is -0.750. The number of thiophene rings is 1. The number of hydrogen-bond donors (Lipinski definition) is 1. The topological polar surface area (TPSA) is 42.1 Å². The minimum Gasteiger partial charge on any atom is -0.329 e. The van der Waals surface area contributed by atoms with E-state index in [-0.39, 0.29) is 6.04 Å². The Morgan fingerprint density at radius 1 is 1.44 bits per heavy atom. The van der Waals surface area contributed by atoms with Crippen molar-refractivity contribution in [2.24, 2.45) is 5.73 Å². The number of rotatable bonds is 6. The van der Waals surface area contributed by atoms with Crippen LogP contribution in [0.5, 0.6) is 0 Å². The molecule has 0 aromatic carbocycles. The van der Waals surface area contributed by atoms with Gasteiger partial charge in [-0.05, 0) is 25.6 Å². The van der Waals surface area contributed by atoms with Crippen molar-refractivity contribution in [3.63, 3.8) is 0 Å². The summed E-state index contributed by atoms with van der Waals surface area (Å²) in [5, 5.41) is 2.09. The zero-order valence-electron chi connectivity index (χ0n) is 10.8. The van der Waals surface area contributed by atoms with Gasteiger partial charge in [0, 0.05) is 28.2 Å². The van der Waals surface area contributed by atoms with Crippen LogP contribution in [0.15, 0.2) is 23.0 Å². The molecule has 0 aliphatic rings. The van der Waals surface area contributed by atoms with Crippen LogP contribution in [0.25, 0.3) is 0 Å². The van der Waals surface area contributed by atoms with Gasteiger partial charge >= 0.3 is 0 Å². The number of nitrogens with two attached hydrogens (primary N) is 1. The van der Waals surface area contributed by atoms with Crippen LogP contribution in [0.3, 0.4) is 0 Å². The van der Waals surface area contributed by atoms with Crippen LogP contribution >= 0.6 is 22.7 Å². The molecule has 1 atom stereocenters. The average molecular weight is 281 g/mol. The van der Waals surface area contributed by atoms with Crippen molar-refractivity contribution in [2.75, 3.05) is 13.6 Å². The van der Waals surface area contributed by atoms with Gasteiger partial charge in [-0.3, -0.25) is 4.90 Å². The molecule has 0 bridgehead atoms. The lowest BCUT2D eigenvalue weighted by molar-refractivity contribution is 0.243. The van der Waals surface area contributed by atoms with Crippen molar-refractivity contribution in [3.05, 3.63) is 38.5 Å². The minimum atomic E-state index is 0.289. The lowest BCUT2D eigenvalue weighted by Gasteiger charge is -2.25. The first-order valence-corrected chi connectivity index (χ1v) is 7.86. The van der Waals surface area contributed by atoms with Crippen LogP contribution in [-0.2, 0) is 13.0 Å². The summed E-state index contributed by atoms with van der Waals surface area (Å²) in [5.41, 5.74) is 8.93. The number of nitrogens with zero attached hydrogens (tertiary/aromatic N) is 2. The second-order valence-corrected chi connectivity index (χ2v) is 6.22. The van der Waals surface area contributed by atoms with E-state index in [4.69, 9.17) is 5.73 Å². The standard InChI is InChI=1S/C13H19N3S2/c1-3-11-4-5-13(18-11)12(6-14)16(2)7-10-8-17-9-15-10/h4-5,8-9,12H,3,6-7,14H2,1-2H3. The minimum absolute atomic E-state index is 0.289. The molecule has 0 amide bonds. The van der Waals surface area contributed by atoms with Gasteiger partial charge in [0.15, 0.2) is 0 Å². The van der Waals surface area contributed by atoms with E-state index in [9.17, 15) is 0 Å². The first-order valence-electron chi connectivity index (χ1n) is 6.10. The molecule has 2 heterocycles. The molecule has 0 radical (unpaired) electrons. The molecular formula is C13H19N3S2. The fourth-order valence-electron chi connectivity index (χ4n) is 1.96. The Morgan fingerprint density at radius 2 is 2.28 bits per heavy atom. The lowest BCUT2D eigenvalue weighted by Crippen LogP contribution is -2.29. The Bertz CT molecular complexity index is 464. The Labute approximate surface area is 116 Å². The third kappa shape index (κ3) is 3.17. The first kappa shape index (κ1) is 13.7. The van der Waals surface area contributed by atoms with E-state index >= 15 is 0 Å². The summed E-state index contributed by atoms with van der Waals surface area (Å²) in [6.07, 6.45) is 1.09. The molecule has 1 unspecified atom stereocenters. The molecule has 0 aliphatic carbocycles. The average Bonchev–Trinajstić information content (AvgIpc) is 3.01. The zero-order chi connectivity index (χ0) is 13.0. The van der Waals surface area contributed by atoms with Gasteiger partial charge in [0.2, 0.25) is 0 Å². The number of aromatic nitrogens is 1. The van der Waals surface area contributed by atoms with Gasteiger partial charge in [-0.25, -0.2) is 4.98 Å². The summed E-state index contributed by atoms with van der Waals surface area (Å²) < 4.78 is 0. The van der Waals surface area contributed by atoms with Gasteiger partial charge in [-0.1, -0.05) is 6.92 Å². The highest BCUT2D eigenvalue weighted by atomic mass is 32.1. The van der Waals surface area contributed by atoms with E-state index in [2.05, 4.69) is 41.4 Å². The molecule has 18 heavy (non-hydrogen) atoms. The predicted octanol–water partition coefficient (Wildman–Crippen LogP) is 2.90. The summed E-state index contributed by atoms with van der Waals surface area (Å²) in [6, 6.07) is 4.70. The molecule has 98 valence electrons. The van der Waals surface area contributed by atoms with Gasteiger partial charge in [0.1, 0.15) is 0 Å². The summed E-state index contributed by atoms with van der Waals surface area (Å²) in [4.78, 5) is 9.38. The smallest absolute Gasteiger partial charge is 0.0795 e. The van der Waals surface area contributed by atoms with Crippen LogP contribution in [-0.4, -0.2) is 23.5 Å². The van der Waals surface area contributed by atoms with Crippen LogP contribution in [0.2, 0.25) is 0 Å². The Balaban J connectivity index is 2.07. The molecule has 0 fully saturated rings. The molecule has 2 aromatic heterocycles. The SMILES string of the molecule is CCc1ccc(C(CN)N(C)Cc2cscn2)s1. The maximum atomic E-state index is 5.93. The van der Waals surface area contributed by atoms with Crippen molar-refractivity contribution in [3.8, 4) is 0 Å². The van der Waals surface area contributed by atoms with Crippen molar-refractivity contribution < 1.29 is 0 Å². The molecule has 2 N–H and O–H groups in total. The molecule has 3 nitrogen and oxygen atoms in total. The lowest BCUT2D eigenvalue weighted by atomic mass is 10.2. The summed E-state index contributed by atoms with van der Waals surface area (Å²) >= 11 is 3.51. The van der Waals surface area contributed by atoms with Crippen LogP contribution < -0.4 is 5.73 Å². The number of aryl methyl sites for hydroxylation is 1. The second kappa shape index (κ2) is 6.43. The molecular weight excluding hydrogens is 262 g/mol.